The van der Waals surface area contributed by atoms with E-state index in [1.165, 1.54) is 0 Å². The second kappa shape index (κ2) is 9.26. The molecule has 2 heterocycles. The Labute approximate surface area is 195 Å². The number of hydrogen-bond donors (Lipinski definition) is 3. The number of aromatic nitrogens is 2. The molecule has 0 saturated carbocycles. The van der Waals surface area contributed by atoms with Crippen LogP contribution in [0.3, 0.4) is 0 Å². The van der Waals surface area contributed by atoms with Gasteiger partial charge < -0.3 is 16.4 Å². The van der Waals surface area contributed by atoms with Gasteiger partial charge in [0, 0.05) is 5.39 Å². The van der Waals surface area contributed by atoms with Crippen LogP contribution >= 0.6 is 0 Å². The highest BCUT2D eigenvalue weighted by molar-refractivity contribution is 6.22. The summed E-state index contributed by atoms with van der Waals surface area (Å²) in [6.45, 7) is 3.28. The Hall–Kier alpha value is -4.34. The quantitative estimate of drug-likeness (QED) is 0.431. The van der Waals surface area contributed by atoms with Crippen LogP contribution in [0.2, 0.25) is 0 Å². The number of benzene rings is 2. The van der Waals surface area contributed by atoms with Crippen LogP contribution in [0.25, 0.3) is 10.9 Å². The van der Waals surface area contributed by atoms with E-state index in [1.807, 2.05) is 32.0 Å². The number of fused-ring (bicyclic) bond motifs is 2. The number of hydrogen-bond acceptors (Lipinski definition) is 7. The highest BCUT2D eigenvalue weighted by Crippen LogP contribution is 2.23. The molecule has 34 heavy (non-hydrogen) atoms. The molecule has 4 rings (SSSR count). The molecule has 4 amide bonds. The van der Waals surface area contributed by atoms with Crippen molar-refractivity contribution in [3.8, 4) is 0 Å². The van der Waals surface area contributed by atoms with Crippen molar-refractivity contribution in [2.75, 3.05) is 11.9 Å². The summed E-state index contributed by atoms with van der Waals surface area (Å²) in [7, 11) is 0. The van der Waals surface area contributed by atoms with Crippen LogP contribution in [0.4, 0.5) is 5.82 Å². The van der Waals surface area contributed by atoms with Crippen molar-refractivity contribution in [2.24, 2.45) is 11.7 Å². The summed E-state index contributed by atoms with van der Waals surface area (Å²) >= 11 is 0. The van der Waals surface area contributed by atoms with E-state index in [9.17, 15) is 19.2 Å². The molecule has 0 unspecified atom stereocenters. The summed E-state index contributed by atoms with van der Waals surface area (Å²) < 4.78 is 0. The number of rotatable bonds is 8. The average molecular weight is 460 g/mol. The fourth-order valence-electron chi connectivity index (χ4n) is 3.79. The molecule has 0 aliphatic carbocycles. The third-order valence-corrected chi connectivity index (χ3v) is 5.54. The lowest BCUT2D eigenvalue weighted by Gasteiger charge is -2.21. The molecule has 174 valence electrons. The van der Waals surface area contributed by atoms with Gasteiger partial charge >= 0.3 is 0 Å². The molecule has 1 aliphatic rings. The molecule has 0 spiro atoms. The largest absolute Gasteiger partial charge is 0.368 e. The number of nitrogens with zero attached hydrogens (tertiary/aromatic N) is 3. The molecular weight excluding hydrogens is 436 g/mol. The molecule has 0 saturated heterocycles. The van der Waals surface area contributed by atoms with Crippen molar-refractivity contribution in [3.63, 3.8) is 0 Å². The lowest BCUT2D eigenvalue weighted by atomic mass is 10.0. The third kappa shape index (κ3) is 4.42. The summed E-state index contributed by atoms with van der Waals surface area (Å²) in [5, 5.41) is 6.45. The van der Waals surface area contributed by atoms with Gasteiger partial charge in [-0.25, -0.2) is 9.97 Å². The van der Waals surface area contributed by atoms with Crippen LogP contribution in [-0.2, 0) is 16.1 Å². The van der Waals surface area contributed by atoms with Gasteiger partial charge in [0.15, 0.2) is 5.82 Å². The van der Waals surface area contributed by atoms with E-state index in [-0.39, 0.29) is 23.6 Å². The topological polar surface area (TPSA) is 147 Å². The molecule has 10 heteroatoms. The van der Waals surface area contributed by atoms with Crippen molar-refractivity contribution in [3.05, 3.63) is 65.5 Å². The van der Waals surface area contributed by atoms with Crippen molar-refractivity contribution in [1.82, 2.24) is 20.2 Å². The van der Waals surface area contributed by atoms with Gasteiger partial charge in [-0.1, -0.05) is 38.1 Å². The first-order valence-electron chi connectivity index (χ1n) is 10.8. The van der Waals surface area contributed by atoms with Crippen LogP contribution < -0.4 is 16.4 Å². The van der Waals surface area contributed by atoms with E-state index in [0.717, 1.165) is 4.90 Å². The smallest absolute Gasteiger partial charge is 0.262 e. The van der Waals surface area contributed by atoms with Crippen LogP contribution in [0, 0.1) is 5.92 Å². The van der Waals surface area contributed by atoms with Gasteiger partial charge in [-0.05, 0) is 30.2 Å². The number of nitrogens with two attached hydrogens (primary N) is 1. The molecule has 10 nitrogen and oxygen atoms in total. The first-order chi connectivity index (χ1) is 16.3. The second-order valence-corrected chi connectivity index (χ2v) is 8.29. The van der Waals surface area contributed by atoms with Gasteiger partial charge in [-0.3, -0.25) is 24.1 Å². The number of amides is 4. The highest BCUT2D eigenvalue weighted by Gasteiger charge is 2.36. The first-order valence-corrected chi connectivity index (χ1v) is 10.8. The molecular formula is C24H24N6O4. The summed E-state index contributed by atoms with van der Waals surface area (Å²) in [5.41, 5.74) is 6.72. The van der Waals surface area contributed by atoms with Crippen molar-refractivity contribution >= 4 is 40.3 Å². The maximum atomic E-state index is 12.5. The monoisotopic (exact) mass is 460 g/mol. The number of carbonyl (C=O) groups is 4. The molecule has 1 aromatic heterocycles. The third-order valence-electron chi connectivity index (χ3n) is 5.54. The number of anilines is 1. The Morgan fingerprint density at radius 2 is 1.59 bits per heavy atom. The summed E-state index contributed by atoms with van der Waals surface area (Å²) in [4.78, 5) is 59.2. The van der Waals surface area contributed by atoms with Gasteiger partial charge in [-0.15, -0.1) is 0 Å². The fourth-order valence-corrected chi connectivity index (χ4v) is 3.79. The van der Waals surface area contributed by atoms with Crippen molar-refractivity contribution in [1.29, 1.82) is 0 Å². The fraction of sp³-hybridized carbons (Fsp3) is 0.250. The minimum Gasteiger partial charge on any atom is -0.368 e. The molecule has 1 atom stereocenters. The predicted molar refractivity (Wildman–Crippen MR) is 125 cm³/mol. The Morgan fingerprint density at radius 1 is 0.971 bits per heavy atom. The molecule has 4 N–H and O–H groups in total. The van der Waals surface area contributed by atoms with Gasteiger partial charge in [0.05, 0.1) is 23.2 Å². The number of primary amides is 1. The Balaban J connectivity index is 1.49. The molecule has 1 aliphatic heterocycles. The van der Waals surface area contributed by atoms with Gasteiger partial charge in [0.1, 0.15) is 18.4 Å². The zero-order valence-electron chi connectivity index (χ0n) is 18.7. The zero-order chi connectivity index (χ0) is 24.4. The normalized spacial score (nSPS) is 13.8. The average Bonchev–Trinajstić information content (AvgIpc) is 3.05. The maximum absolute atomic E-state index is 12.5. The number of nitrogens with one attached hydrogen (secondary N) is 2. The van der Waals surface area contributed by atoms with E-state index in [2.05, 4.69) is 20.6 Å². The molecule has 2 aromatic carbocycles. The Morgan fingerprint density at radius 3 is 2.21 bits per heavy atom. The SMILES string of the molecule is CC(C)[C@H](Nc1nc(CNC(=O)CN2C(=O)c3ccccc3C2=O)nc2ccccc12)C(N)=O. The van der Waals surface area contributed by atoms with E-state index in [1.54, 1.807) is 30.3 Å². The van der Waals surface area contributed by atoms with Gasteiger partial charge in [0.2, 0.25) is 11.8 Å². The minimum absolute atomic E-state index is 0.0373. The van der Waals surface area contributed by atoms with Crippen LogP contribution in [0.5, 0.6) is 0 Å². The maximum Gasteiger partial charge on any atom is 0.262 e. The highest BCUT2D eigenvalue weighted by atomic mass is 16.2. The van der Waals surface area contributed by atoms with Gasteiger partial charge in [-0.2, -0.15) is 0 Å². The van der Waals surface area contributed by atoms with E-state index < -0.39 is 36.2 Å². The first kappa shape index (κ1) is 22.8. The number of carbonyl (C=O) groups excluding carboxylic acids is 4. The van der Waals surface area contributed by atoms with Crippen molar-refractivity contribution < 1.29 is 19.2 Å². The Bertz CT molecular complexity index is 1270. The number of para-hydroxylation sites is 1. The molecule has 3 aromatic rings. The van der Waals surface area contributed by atoms with E-state index in [0.29, 0.717) is 22.5 Å². The van der Waals surface area contributed by atoms with E-state index >= 15 is 0 Å². The molecule has 0 bridgehead atoms. The summed E-state index contributed by atoms with van der Waals surface area (Å²) in [6.07, 6.45) is 0. The predicted octanol–water partition coefficient (Wildman–Crippen LogP) is 1.46. The number of imide groups is 1. The van der Waals surface area contributed by atoms with E-state index in [4.69, 9.17) is 5.73 Å². The lowest BCUT2D eigenvalue weighted by molar-refractivity contribution is -0.121. The van der Waals surface area contributed by atoms with Crippen LogP contribution in [0.15, 0.2) is 48.5 Å². The van der Waals surface area contributed by atoms with Crippen LogP contribution in [0.1, 0.15) is 40.4 Å². The van der Waals surface area contributed by atoms with Crippen LogP contribution in [-0.4, -0.2) is 51.1 Å². The Kier molecular flexibility index (Phi) is 6.22. The second-order valence-electron chi connectivity index (χ2n) is 8.29. The van der Waals surface area contributed by atoms with Gasteiger partial charge in [0.25, 0.3) is 11.8 Å². The molecule has 0 fully saturated rings. The standard InChI is InChI=1S/C24H24N6O4/c1-13(2)20(21(25)32)29-22-16-9-5-6-10-17(16)27-18(28-22)11-26-19(31)12-30-23(33)14-7-3-4-8-15(14)24(30)34/h3-10,13,20H,11-12H2,1-2H3,(H2,25,32)(H,26,31)(H,27,28,29)/t20-/m0/s1. The lowest BCUT2D eigenvalue weighted by Crippen LogP contribution is -2.40. The minimum atomic E-state index is -0.644. The van der Waals surface area contributed by atoms with Crippen molar-refractivity contribution in [2.45, 2.75) is 26.4 Å². The zero-order valence-corrected chi connectivity index (χ0v) is 18.7. The summed E-state index contributed by atoms with van der Waals surface area (Å²) in [5.74, 6) is -1.40. The summed E-state index contributed by atoms with van der Waals surface area (Å²) in [6, 6.07) is 13.1. The molecule has 0 radical (unpaired) electrons.